The van der Waals surface area contributed by atoms with E-state index in [1.54, 1.807) is 36.4 Å². The average molecular weight is 456 g/mol. The Labute approximate surface area is 197 Å². The first-order valence-corrected chi connectivity index (χ1v) is 11.1. The molecule has 0 radical (unpaired) electrons. The molecule has 1 atom stereocenters. The van der Waals surface area contributed by atoms with Gasteiger partial charge in [0.25, 0.3) is 5.91 Å². The summed E-state index contributed by atoms with van der Waals surface area (Å²) < 4.78 is 1.93. The van der Waals surface area contributed by atoms with E-state index in [4.69, 9.17) is 10.5 Å². The molecule has 1 saturated heterocycles. The molecular formula is C24H25N9O. The Hall–Kier alpha value is -4.44. The molecule has 0 unspecified atom stereocenters. The topological polar surface area (TPSA) is 136 Å². The predicted molar refractivity (Wildman–Crippen MR) is 126 cm³/mol. The summed E-state index contributed by atoms with van der Waals surface area (Å²) in [6, 6.07) is 8.78. The van der Waals surface area contributed by atoms with Gasteiger partial charge in [0.05, 0.1) is 29.7 Å². The van der Waals surface area contributed by atoms with Crippen molar-refractivity contribution >= 4 is 17.5 Å². The van der Waals surface area contributed by atoms with Crippen LogP contribution in [0.4, 0.5) is 11.6 Å². The number of rotatable bonds is 6. The number of nitriles is 2. The van der Waals surface area contributed by atoms with Gasteiger partial charge in [0.2, 0.25) is 5.95 Å². The van der Waals surface area contributed by atoms with Crippen molar-refractivity contribution in [1.29, 1.82) is 10.5 Å². The van der Waals surface area contributed by atoms with Gasteiger partial charge in [0.1, 0.15) is 6.04 Å². The molecule has 1 amide bonds. The van der Waals surface area contributed by atoms with Gasteiger partial charge >= 0.3 is 0 Å². The molecule has 4 rings (SSSR count). The molecule has 10 heteroatoms. The lowest BCUT2D eigenvalue weighted by Gasteiger charge is -2.28. The van der Waals surface area contributed by atoms with E-state index in [9.17, 15) is 4.79 Å². The number of nitrogens with one attached hydrogen (secondary N) is 2. The Morgan fingerprint density at radius 3 is 2.59 bits per heavy atom. The molecule has 0 saturated carbocycles. The van der Waals surface area contributed by atoms with E-state index in [2.05, 4.69) is 31.9 Å². The van der Waals surface area contributed by atoms with Crippen molar-refractivity contribution < 1.29 is 4.79 Å². The maximum absolute atomic E-state index is 12.2. The molecule has 3 heterocycles. The van der Waals surface area contributed by atoms with Crippen molar-refractivity contribution in [3.05, 3.63) is 54.0 Å². The van der Waals surface area contributed by atoms with Crippen LogP contribution in [0.15, 0.2) is 42.9 Å². The van der Waals surface area contributed by atoms with E-state index in [0.29, 0.717) is 11.5 Å². The largest absolute Gasteiger partial charge is 0.337 e. The molecule has 0 bridgehead atoms. The monoisotopic (exact) mass is 455 g/mol. The molecule has 0 aliphatic carbocycles. The van der Waals surface area contributed by atoms with E-state index in [1.165, 1.54) is 0 Å². The summed E-state index contributed by atoms with van der Waals surface area (Å²) in [5.74, 6) is 0.154. The summed E-state index contributed by atoms with van der Waals surface area (Å²) in [5, 5.41) is 28.2. The van der Waals surface area contributed by atoms with Crippen LogP contribution in [-0.2, 0) is 0 Å². The first-order chi connectivity index (χ1) is 16.5. The summed E-state index contributed by atoms with van der Waals surface area (Å²) in [6.45, 7) is 5.05. The number of hydrogen-bond donors (Lipinski definition) is 2. The number of likely N-dealkylation sites (tertiary alicyclic amines) is 1. The highest BCUT2D eigenvalue weighted by Crippen LogP contribution is 2.25. The van der Waals surface area contributed by atoms with Crippen LogP contribution in [0.25, 0.3) is 11.3 Å². The van der Waals surface area contributed by atoms with E-state index in [-0.39, 0.29) is 11.9 Å². The van der Waals surface area contributed by atoms with E-state index >= 15 is 0 Å². The first kappa shape index (κ1) is 22.7. The predicted octanol–water partition coefficient (Wildman–Crippen LogP) is 3.15. The standard InChI is InChI=1S/C24H25N9O/c1-16-12-27-24(30-20-13-28-33(14-20)21-7-9-32(15-26)10-8-21)31-22(16)18-3-5-19(6-4-18)23(34)29-17(2)11-25/h3-6,12-14,17,21H,7-10H2,1-2H3,(H,29,34)(H,27,30,31)/t17-/m0/s1. The maximum atomic E-state index is 12.2. The zero-order valence-corrected chi connectivity index (χ0v) is 19.1. The van der Waals surface area contributed by atoms with Crippen LogP contribution < -0.4 is 10.6 Å². The lowest BCUT2D eigenvalue weighted by atomic mass is 10.1. The lowest BCUT2D eigenvalue weighted by molar-refractivity contribution is 0.0948. The highest BCUT2D eigenvalue weighted by molar-refractivity contribution is 5.95. The minimum absolute atomic E-state index is 0.265. The lowest BCUT2D eigenvalue weighted by Crippen LogP contribution is -2.31. The smallest absolute Gasteiger partial charge is 0.252 e. The summed E-state index contributed by atoms with van der Waals surface area (Å²) in [6.07, 6.45) is 9.39. The van der Waals surface area contributed by atoms with Gasteiger partial charge in [-0.3, -0.25) is 9.48 Å². The van der Waals surface area contributed by atoms with Crippen LogP contribution in [0, 0.1) is 29.7 Å². The van der Waals surface area contributed by atoms with Gasteiger partial charge < -0.3 is 15.5 Å². The zero-order chi connectivity index (χ0) is 24.1. The molecule has 2 aromatic heterocycles. The van der Waals surface area contributed by atoms with Crippen LogP contribution in [0.1, 0.15) is 41.7 Å². The molecule has 0 spiro atoms. The average Bonchev–Trinajstić information content (AvgIpc) is 3.33. The number of aromatic nitrogens is 4. The van der Waals surface area contributed by atoms with Crippen LogP contribution in [0.3, 0.4) is 0 Å². The summed E-state index contributed by atoms with van der Waals surface area (Å²) >= 11 is 0. The Balaban J connectivity index is 1.46. The normalized spacial score (nSPS) is 14.6. The number of hydrogen-bond acceptors (Lipinski definition) is 8. The van der Waals surface area contributed by atoms with Gasteiger partial charge in [-0.1, -0.05) is 12.1 Å². The van der Waals surface area contributed by atoms with Gasteiger partial charge in [-0.2, -0.15) is 15.6 Å². The van der Waals surface area contributed by atoms with Crippen molar-refractivity contribution in [2.45, 2.75) is 38.8 Å². The Kier molecular flexibility index (Phi) is 6.69. The van der Waals surface area contributed by atoms with E-state index in [0.717, 1.165) is 48.4 Å². The zero-order valence-electron chi connectivity index (χ0n) is 19.1. The molecule has 34 heavy (non-hydrogen) atoms. The Morgan fingerprint density at radius 2 is 1.91 bits per heavy atom. The number of carbonyl (C=O) groups is 1. The number of benzene rings is 1. The van der Waals surface area contributed by atoms with Crippen molar-refractivity contribution in [3.63, 3.8) is 0 Å². The van der Waals surface area contributed by atoms with Gasteiger partial charge in [-0.15, -0.1) is 0 Å². The number of anilines is 2. The van der Waals surface area contributed by atoms with Crippen LogP contribution in [0.5, 0.6) is 0 Å². The molecule has 172 valence electrons. The van der Waals surface area contributed by atoms with Crippen LogP contribution in [-0.4, -0.2) is 49.7 Å². The van der Waals surface area contributed by atoms with Gasteiger partial charge in [0, 0.05) is 36.6 Å². The van der Waals surface area contributed by atoms with Gasteiger partial charge in [-0.25, -0.2) is 9.97 Å². The second kappa shape index (κ2) is 10.0. The number of nitrogens with zero attached hydrogens (tertiary/aromatic N) is 7. The van der Waals surface area contributed by atoms with E-state index in [1.807, 2.05) is 36.0 Å². The summed E-state index contributed by atoms with van der Waals surface area (Å²) in [4.78, 5) is 23.0. The molecule has 2 N–H and O–H groups in total. The van der Waals surface area contributed by atoms with Gasteiger partial charge in [0.15, 0.2) is 6.19 Å². The highest BCUT2D eigenvalue weighted by Gasteiger charge is 2.20. The van der Waals surface area contributed by atoms with Crippen molar-refractivity contribution in [3.8, 4) is 23.5 Å². The number of amides is 1. The second-order valence-corrected chi connectivity index (χ2v) is 8.28. The van der Waals surface area contributed by atoms with Crippen molar-refractivity contribution in [1.82, 2.24) is 30.0 Å². The number of aryl methyl sites for hydroxylation is 1. The van der Waals surface area contributed by atoms with Crippen molar-refractivity contribution in [2.75, 3.05) is 18.4 Å². The van der Waals surface area contributed by atoms with Crippen LogP contribution in [0.2, 0.25) is 0 Å². The molecule has 1 fully saturated rings. The third-order valence-corrected chi connectivity index (χ3v) is 5.77. The number of carbonyl (C=O) groups excluding carboxylic acids is 1. The number of piperidine rings is 1. The fourth-order valence-electron chi connectivity index (χ4n) is 3.85. The first-order valence-electron chi connectivity index (χ1n) is 11.1. The quantitative estimate of drug-likeness (QED) is 0.541. The third kappa shape index (κ3) is 5.13. The molecule has 1 aromatic carbocycles. The van der Waals surface area contributed by atoms with E-state index < -0.39 is 6.04 Å². The Morgan fingerprint density at radius 1 is 1.18 bits per heavy atom. The minimum Gasteiger partial charge on any atom is -0.337 e. The minimum atomic E-state index is -0.556. The molecule has 10 nitrogen and oxygen atoms in total. The fourth-order valence-corrected chi connectivity index (χ4v) is 3.85. The van der Waals surface area contributed by atoms with Crippen LogP contribution >= 0.6 is 0 Å². The van der Waals surface area contributed by atoms with Gasteiger partial charge in [-0.05, 0) is 44.4 Å². The highest BCUT2D eigenvalue weighted by atomic mass is 16.1. The summed E-state index contributed by atoms with van der Waals surface area (Å²) in [5.41, 5.74) is 3.78. The SMILES string of the molecule is Cc1cnc(Nc2cnn(C3CCN(C#N)CC3)c2)nc1-c1ccc(C(=O)N[C@@H](C)C#N)cc1. The molecule has 3 aromatic rings. The maximum Gasteiger partial charge on any atom is 0.252 e. The third-order valence-electron chi connectivity index (χ3n) is 5.77. The second-order valence-electron chi connectivity index (χ2n) is 8.28. The van der Waals surface area contributed by atoms with Crippen molar-refractivity contribution in [2.24, 2.45) is 0 Å². The molecule has 1 aliphatic rings. The Bertz CT molecular complexity index is 1240. The fraction of sp³-hybridized carbons (Fsp3) is 0.333. The summed E-state index contributed by atoms with van der Waals surface area (Å²) in [7, 11) is 0. The molecular weight excluding hydrogens is 430 g/mol. The molecule has 1 aliphatic heterocycles.